The van der Waals surface area contributed by atoms with E-state index in [0.717, 1.165) is 11.1 Å². The van der Waals surface area contributed by atoms with Crippen molar-refractivity contribution in [3.8, 4) is 11.5 Å². The highest BCUT2D eigenvalue weighted by atomic mass is 16.3. The minimum atomic E-state index is 0.0581. The van der Waals surface area contributed by atoms with E-state index in [1.807, 2.05) is 38.1 Å². The summed E-state index contributed by atoms with van der Waals surface area (Å²) in [7, 11) is 0. The first-order valence-corrected chi connectivity index (χ1v) is 5.66. The summed E-state index contributed by atoms with van der Waals surface area (Å²) in [5, 5.41) is 19.3. The van der Waals surface area contributed by atoms with Gasteiger partial charge in [-0.3, -0.25) is 0 Å². The van der Waals surface area contributed by atoms with E-state index < -0.39 is 0 Å². The molecule has 1 atom stereocenters. The molecule has 88 valence electrons. The van der Waals surface area contributed by atoms with Crippen molar-refractivity contribution in [1.82, 2.24) is 0 Å². The van der Waals surface area contributed by atoms with E-state index in [2.05, 4.69) is 0 Å². The van der Waals surface area contributed by atoms with Crippen molar-refractivity contribution in [1.29, 1.82) is 0 Å². The minimum absolute atomic E-state index is 0.0581. The third kappa shape index (κ3) is 2.41. The molecule has 17 heavy (non-hydrogen) atoms. The summed E-state index contributed by atoms with van der Waals surface area (Å²) in [5.74, 6) is 0.454. The van der Waals surface area contributed by atoms with Gasteiger partial charge in [0, 0.05) is 11.5 Å². The van der Waals surface area contributed by atoms with Gasteiger partial charge in [-0.15, -0.1) is 0 Å². The largest absolute Gasteiger partial charge is 0.508 e. The third-order valence-corrected chi connectivity index (χ3v) is 3.05. The molecule has 2 heteroatoms. The molecule has 0 amide bonds. The number of benzene rings is 2. The van der Waals surface area contributed by atoms with Crippen LogP contribution >= 0.6 is 0 Å². The van der Waals surface area contributed by atoms with Crippen LogP contribution in [0.15, 0.2) is 42.5 Å². The molecule has 0 saturated heterocycles. The van der Waals surface area contributed by atoms with Crippen LogP contribution in [0.5, 0.6) is 11.5 Å². The summed E-state index contributed by atoms with van der Waals surface area (Å²) >= 11 is 0. The lowest BCUT2D eigenvalue weighted by molar-refractivity contribution is 0.452. The summed E-state index contributed by atoms with van der Waals surface area (Å²) < 4.78 is 0. The number of phenols is 2. The van der Waals surface area contributed by atoms with Crippen molar-refractivity contribution in [2.24, 2.45) is 0 Å². The Kier molecular flexibility index (Phi) is 3.05. The summed E-state index contributed by atoms with van der Waals surface area (Å²) in [6.45, 7) is 4.05. The molecule has 1 unspecified atom stereocenters. The van der Waals surface area contributed by atoms with Crippen LogP contribution in [0.25, 0.3) is 0 Å². The van der Waals surface area contributed by atoms with Gasteiger partial charge in [0.25, 0.3) is 0 Å². The van der Waals surface area contributed by atoms with Gasteiger partial charge >= 0.3 is 0 Å². The summed E-state index contributed by atoms with van der Waals surface area (Å²) in [5.41, 5.74) is 3.08. The smallest absolute Gasteiger partial charge is 0.119 e. The minimum Gasteiger partial charge on any atom is -0.508 e. The second-order valence-electron chi connectivity index (χ2n) is 4.38. The normalized spacial score (nSPS) is 12.4. The molecule has 0 aliphatic rings. The van der Waals surface area contributed by atoms with Gasteiger partial charge in [0.2, 0.25) is 0 Å². The molecule has 2 rings (SSSR count). The molecular formula is C15H16O2. The first-order valence-electron chi connectivity index (χ1n) is 5.66. The topological polar surface area (TPSA) is 40.5 Å². The Hall–Kier alpha value is -1.96. The quantitative estimate of drug-likeness (QED) is 0.771. The van der Waals surface area contributed by atoms with Gasteiger partial charge in [0.05, 0.1) is 0 Å². The molecule has 2 N–H and O–H groups in total. The number of aryl methyl sites for hydroxylation is 1. The van der Waals surface area contributed by atoms with Gasteiger partial charge in [-0.25, -0.2) is 0 Å². The molecule has 0 saturated carbocycles. The van der Waals surface area contributed by atoms with Crippen LogP contribution in [-0.4, -0.2) is 10.2 Å². The van der Waals surface area contributed by atoms with Crippen LogP contribution in [0.1, 0.15) is 29.5 Å². The zero-order chi connectivity index (χ0) is 12.4. The van der Waals surface area contributed by atoms with E-state index in [1.165, 1.54) is 17.7 Å². The molecule has 0 heterocycles. The summed E-state index contributed by atoms with van der Waals surface area (Å²) in [4.78, 5) is 0. The van der Waals surface area contributed by atoms with Crippen LogP contribution in [-0.2, 0) is 0 Å². The molecule has 2 aromatic carbocycles. The Balaban J connectivity index is 2.39. The van der Waals surface area contributed by atoms with Gasteiger partial charge < -0.3 is 10.2 Å². The Morgan fingerprint density at radius 2 is 1.59 bits per heavy atom. The highest BCUT2D eigenvalue weighted by Gasteiger charge is 2.13. The van der Waals surface area contributed by atoms with Crippen LogP contribution in [0.2, 0.25) is 0 Å². The molecule has 0 aliphatic heterocycles. The van der Waals surface area contributed by atoms with Crippen molar-refractivity contribution >= 4 is 0 Å². The summed E-state index contributed by atoms with van der Waals surface area (Å²) in [6.07, 6.45) is 0. The Labute approximate surface area is 101 Å². The molecule has 0 aliphatic carbocycles. The van der Waals surface area contributed by atoms with Crippen molar-refractivity contribution in [3.05, 3.63) is 59.2 Å². The zero-order valence-electron chi connectivity index (χ0n) is 10.0. The summed E-state index contributed by atoms with van der Waals surface area (Å²) in [6, 6.07) is 12.8. The van der Waals surface area contributed by atoms with Crippen molar-refractivity contribution < 1.29 is 10.2 Å². The molecular weight excluding hydrogens is 212 g/mol. The molecule has 0 spiro atoms. The van der Waals surface area contributed by atoms with E-state index >= 15 is 0 Å². The van der Waals surface area contributed by atoms with Crippen LogP contribution in [0.4, 0.5) is 0 Å². The standard InChI is InChI=1S/C15H16O2/c1-10-3-5-12(6-4-10)11(2)14-9-13(16)7-8-15(14)17/h3-9,11,16-17H,1-2H3. The Bertz CT molecular complexity index is 515. The lowest BCUT2D eigenvalue weighted by Crippen LogP contribution is -1.96. The predicted molar refractivity (Wildman–Crippen MR) is 68.5 cm³/mol. The van der Waals surface area contributed by atoms with E-state index in [-0.39, 0.29) is 17.4 Å². The van der Waals surface area contributed by atoms with E-state index in [0.29, 0.717) is 0 Å². The van der Waals surface area contributed by atoms with Crippen LogP contribution < -0.4 is 0 Å². The predicted octanol–water partition coefficient (Wildman–Crippen LogP) is 3.56. The average molecular weight is 228 g/mol. The third-order valence-electron chi connectivity index (χ3n) is 3.05. The van der Waals surface area contributed by atoms with E-state index in [1.54, 1.807) is 6.07 Å². The highest BCUT2D eigenvalue weighted by molar-refractivity contribution is 5.45. The van der Waals surface area contributed by atoms with Gasteiger partial charge in [-0.2, -0.15) is 0 Å². The number of phenolic OH excluding ortho intramolecular Hbond substituents is 2. The van der Waals surface area contributed by atoms with Crippen LogP contribution in [0, 0.1) is 6.92 Å². The van der Waals surface area contributed by atoms with Gasteiger partial charge in [0.1, 0.15) is 11.5 Å². The maximum atomic E-state index is 9.81. The van der Waals surface area contributed by atoms with E-state index in [4.69, 9.17) is 0 Å². The van der Waals surface area contributed by atoms with Gasteiger partial charge in [0.15, 0.2) is 0 Å². The molecule has 0 bridgehead atoms. The maximum absolute atomic E-state index is 9.81. The van der Waals surface area contributed by atoms with Crippen molar-refractivity contribution in [3.63, 3.8) is 0 Å². The highest BCUT2D eigenvalue weighted by Crippen LogP contribution is 2.33. The molecule has 0 radical (unpaired) electrons. The Morgan fingerprint density at radius 3 is 2.24 bits per heavy atom. The average Bonchev–Trinajstić information content (AvgIpc) is 2.32. The number of aromatic hydroxyl groups is 2. The second kappa shape index (κ2) is 4.50. The second-order valence-corrected chi connectivity index (χ2v) is 4.38. The number of hydrogen-bond donors (Lipinski definition) is 2. The van der Waals surface area contributed by atoms with Gasteiger partial charge in [-0.05, 0) is 30.7 Å². The maximum Gasteiger partial charge on any atom is 0.119 e. The molecule has 2 aromatic rings. The fourth-order valence-corrected chi connectivity index (χ4v) is 1.92. The van der Waals surface area contributed by atoms with E-state index in [9.17, 15) is 10.2 Å². The van der Waals surface area contributed by atoms with Gasteiger partial charge in [-0.1, -0.05) is 36.8 Å². The first kappa shape index (κ1) is 11.5. The van der Waals surface area contributed by atoms with Crippen LogP contribution in [0.3, 0.4) is 0 Å². The fourth-order valence-electron chi connectivity index (χ4n) is 1.92. The number of rotatable bonds is 2. The molecule has 0 fully saturated rings. The SMILES string of the molecule is Cc1ccc(C(C)c2cc(O)ccc2O)cc1. The van der Waals surface area contributed by atoms with Crippen molar-refractivity contribution in [2.45, 2.75) is 19.8 Å². The lowest BCUT2D eigenvalue weighted by Gasteiger charge is -2.14. The zero-order valence-corrected chi connectivity index (χ0v) is 10.0. The molecule has 0 aromatic heterocycles. The lowest BCUT2D eigenvalue weighted by atomic mass is 9.92. The monoisotopic (exact) mass is 228 g/mol. The molecule has 2 nitrogen and oxygen atoms in total. The number of hydrogen-bond acceptors (Lipinski definition) is 2. The van der Waals surface area contributed by atoms with Crippen molar-refractivity contribution in [2.75, 3.05) is 0 Å². The first-order chi connectivity index (χ1) is 8.08. The Morgan fingerprint density at radius 1 is 0.941 bits per heavy atom. The fraction of sp³-hybridized carbons (Fsp3) is 0.200.